The molecule has 3 aliphatic carbocycles. The van der Waals surface area contributed by atoms with E-state index in [-0.39, 0.29) is 17.3 Å². The highest BCUT2D eigenvalue weighted by atomic mass is 35.6. The molecule has 0 spiro atoms. The van der Waals surface area contributed by atoms with Gasteiger partial charge in [-0.2, -0.15) is 0 Å². The van der Waals surface area contributed by atoms with Crippen molar-refractivity contribution in [2.45, 2.75) is 87.6 Å². The normalized spacial score (nSPS) is 42.7. The molecule has 1 aliphatic heterocycles. The first kappa shape index (κ1) is 24.9. The number of piperidine rings is 1. The smallest absolute Gasteiger partial charge is 0.308 e. The number of esters is 1. The van der Waals surface area contributed by atoms with E-state index in [1.54, 1.807) is 0 Å². The molecular weight excluding hydrogens is 473 g/mol. The Hall–Kier alpha value is -0.230. The van der Waals surface area contributed by atoms with Crippen LogP contribution < -0.4 is 0 Å². The Balaban J connectivity index is 1.41. The summed E-state index contributed by atoms with van der Waals surface area (Å²) in [4.78, 5) is 26.6. The SMILES string of the molecule is CN1C(=O)CC[C@@]2(C)C1CC[C@@H]1[C@H]2CC[C@]2(C)C(COC(=O)CC(O)C(Cl)(Cl)Cl)CC[C@@H]12. The lowest BCUT2D eigenvalue weighted by atomic mass is 9.47. The van der Waals surface area contributed by atoms with Gasteiger partial charge in [-0.15, -0.1) is 0 Å². The van der Waals surface area contributed by atoms with E-state index in [1.165, 1.54) is 19.3 Å². The van der Waals surface area contributed by atoms with E-state index >= 15 is 0 Å². The van der Waals surface area contributed by atoms with Crippen LogP contribution in [0, 0.1) is 34.5 Å². The average Bonchev–Trinajstić information content (AvgIpc) is 3.05. The fourth-order valence-corrected chi connectivity index (χ4v) is 8.29. The van der Waals surface area contributed by atoms with Crippen molar-refractivity contribution in [2.75, 3.05) is 13.7 Å². The van der Waals surface area contributed by atoms with Crippen molar-refractivity contribution in [3.63, 3.8) is 0 Å². The molecule has 0 aromatic rings. The Labute approximate surface area is 206 Å². The van der Waals surface area contributed by atoms with E-state index in [2.05, 4.69) is 13.8 Å². The van der Waals surface area contributed by atoms with Crippen LogP contribution in [0.1, 0.15) is 71.6 Å². The lowest BCUT2D eigenvalue weighted by Crippen LogP contribution is -2.61. The zero-order valence-corrected chi connectivity index (χ0v) is 21.6. The number of likely N-dealkylation sites (tertiary alicyclic amines) is 1. The summed E-state index contributed by atoms with van der Waals surface area (Å²) in [5, 5.41) is 9.85. The molecule has 8 atom stereocenters. The standard InChI is InChI=1S/C24H36Cl3NO4/c1-22-10-8-17-15(5-7-18-23(17,2)11-9-20(30)28(18)3)16(22)6-4-14(22)13-32-21(31)12-19(29)24(25,26)27/h14-19,29H,4-13H2,1-3H3/t14?,15-,16-,17+,18?,19?,22+,23+/m0/s1. The second-order valence-corrected chi connectivity index (χ2v) is 13.6. The highest BCUT2D eigenvalue weighted by molar-refractivity contribution is 6.68. The number of hydrogen-bond acceptors (Lipinski definition) is 4. The fourth-order valence-electron chi connectivity index (χ4n) is 8.06. The number of ether oxygens (including phenoxy) is 1. The Morgan fingerprint density at radius 2 is 1.81 bits per heavy atom. The van der Waals surface area contributed by atoms with Gasteiger partial charge in [-0.3, -0.25) is 9.59 Å². The van der Waals surface area contributed by atoms with Gasteiger partial charge in [-0.1, -0.05) is 48.7 Å². The van der Waals surface area contributed by atoms with Crippen molar-refractivity contribution in [3.05, 3.63) is 0 Å². The Morgan fingerprint density at radius 1 is 1.12 bits per heavy atom. The molecule has 4 fully saturated rings. The number of alkyl halides is 3. The van der Waals surface area contributed by atoms with Crippen LogP contribution in [0.4, 0.5) is 0 Å². The minimum Gasteiger partial charge on any atom is -0.465 e. The quantitative estimate of drug-likeness (QED) is 0.422. The van der Waals surface area contributed by atoms with Crippen LogP contribution >= 0.6 is 34.8 Å². The van der Waals surface area contributed by atoms with Crippen molar-refractivity contribution < 1.29 is 19.4 Å². The van der Waals surface area contributed by atoms with E-state index in [0.717, 1.165) is 25.7 Å². The highest BCUT2D eigenvalue weighted by Crippen LogP contribution is 2.66. The molecule has 5 nitrogen and oxygen atoms in total. The predicted octanol–water partition coefficient (Wildman–Crippen LogP) is 5.13. The maximum atomic E-state index is 12.3. The van der Waals surface area contributed by atoms with Gasteiger partial charge in [0.2, 0.25) is 9.70 Å². The van der Waals surface area contributed by atoms with Gasteiger partial charge in [0, 0.05) is 19.5 Å². The van der Waals surface area contributed by atoms with Crippen LogP contribution in [0.15, 0.2) is 0 Å². The summed E-state index contributed by atoms with van der Waals surface area (Å²) in [7, 11) is 2.00. The summed E-state index contributed by atoms with van der Waals surface area (Å²) in [5.74, 6) is 2.08. The first-order valence-electron chi connectivity index (χ1n) is 12.0. The van der Waals surface area contributed by atoms with Gasteiger partial charge in [0.25, 0.3) is 0 Å². The Kier molecular flexibility index (Phi) is 6.82. The van der Waals surface area contributed by atoms with Crippen LogP contribution in [0.3, 0.4) is 0 Å². The molecule has 3 saturated carbocycles. The van der Waals surface area contributed by atoms with Gasteiger partial charge in [-0.25, -0.2) is 0 Å². The second kappa shape index (κ2) is 8.77. The van der Waals surface area contributed by atoms with Crippen molar-refractivity contribution in [1.82, 2.24) is 4.90 Å². The topological polar surface area (TPSA) is 66.8 Å². The third-order valence-corrected chi connectivity index (χ3v) is 10.7. The third-order valence-electron chi connectivity index (χ3n) is 9.94. The number of carbonyl (C=O) groups excluding carboxylic acids is 2. The molecule has 4 rings (SSSR count). The molecule has 1 amide bonds. The predicted molar refractivity (Wildman–Crippen MR) is 126 cm³/mol. The molecule has 3 unspecified atom stereocenters. The second-order valence-electron chi connectivity index (χ2n) is 11.2. The lowest BCUT2D eigenvalue weighted by molar-refractivity contribution is -0.161. The van der Waals surface area contributed by atoms with Crippen LogP contribution in [-0.4, -0.2) is 51.5 Å². The van der Waals surface area contributed by atoms with Crippen LogP contribution in [0.5, 0.6) is 0 Å². The molecule has 182 valence electrons. The van der Waals surface area contributed by atoms with E-state index in [1.807, 2.05) is 11.9 Å². The number of hydrogen-bond donors (Lipinski definition) is 1. The zero-order chi connectivity index (χ0) is 23.5. The third kappa shape index (κ3) is 4.18. The van der Waals surface area contributed by atoms with Crippen LogP contribution in [0.2, 0.25) is 0 Å². The monoisotopic (exact) mass is 507 g/mol. The summed E-state index contributed by atoms with van der Waals surface area (Å²) in [6.07, 6.45) is 6.83. The van der Waals surface area contributed by atoms with Gasteiger partial charge in [0.15, 0.2) is 0 Å². The summed E-state index contributed by atoms with van der Waals surface area (Å²) < 4.78 is 3.66. The molecule has 0 aromatic heterocycles. The van der Waals surface area contributed by atoms with Crippen molar-refractivity contribution >= 4 is 46.7 Å². The molecule has 0 radical (unpaired) electrons. The van der Waals surface area contributed by atoms with Gasteiger partial charge in [-0.05, 0) is 79.4 Å². The van der Waals surface area contributed by atoms with Gasteiger partial charge in [0.1, 0.15) is 6.10 Å². The molecule has 1 saturated heterocycles. The van der Waals surface area contributed by atoms with Crippen LogP contribution in [0.25, 0.3) is 0 Å². The lowest BCUT2D eigenvalue weighted by Gasteiger charge is -2.61. The van der Waals surface area contributed by atoms with Gasteiger partial charge in [0.05, 0.1) is 13.0 Å². The average molecular weight is 509 g/mol. The van der Waals surface area contributed by atoms with Crippen LogP contribution in [-0.2, 0) is 14.3 Å². The maximum absolute atomic E-state index is 12.3. The van der Waals surface area contributed by atoms with Gasteiger partial charge < -0.3 is 14.7 Å². The number of aliphatic hydroxyl groups excluding tert-OH is 1. The van der Waals surface area contributed by atoms with E-state index in [4.69, 9.17) is 39.5 Å². The summed E-state index contributed by atoms with van der Waals surface area (Å²) >= 11 is 17.0. The Morgan fingerprint density at radius 3 is 2.50 bits per heavy atom. The number of nitrogens with zero attached hydrogens (tertiary/aromatic N) is 1. The van der Waals surface area contributed by atoms with E-state index in [0.29, 0.717) is 48.6 Å². The minimum atomic E-state index is -1.89. The number of carbonyl (C=O) groups is 2. The van der Waals surface area contributed by atoms with E-state index < -0.39 is 15.9 Å². The number of fused-ring (bicyclic) bond motifs is 5. The number of aliphatic hydroxyl groups is 1. The van der Waals surface area contributed by atoms with Crippen molar-refractivity contribution in [1.29, 1.82) is 0 Å². The summed E-state index contributed by atoms with van der Waals surface area (Å²) in [6.45, 7) is 5.19. The highest BCUT2D eigenvalue weighted by Gasteiger charge is 2.61. The molecule has 4 aliphatic rings. The van der Waals surface area contributed by atoms with Crippen molar-refractivity contribution in [2.24, 2.45) is 34.5 Å². The first-order valence-corrected chi connectivity index (χ1v) is 13.2. The number of amides is 1. The molecule has 32 heavy (non-hydrogen) atoms. The Bertz CT molecular complexity index is 758. The molecule has 0 bridgehead atoms. The largest absolute Gasteiger partial charge is 0.465 e. The molecule has 1 N–H and O–H groups in total. The fraction of sp³-hybridized carbons (Fsp3) is 0.917. The van der Waals surface area contributed by atoms with Crippen molar-refractivity contribution in [3.8, 4) is 0 Å². The first-order chi connectivity index (χ1) is 14.9. The van der Waals surface area contributed by atoms with Gasteiger partial charge >= 0.3 is 5.97 Å². The maximum Gasteiger partial charge on any atom is 0.308 e. The molecule has 8 heteroatoms. The number of rotatable bonds is 4. The molecular formula is C24H36Cl3NO4. The molecule has 1 heterocycles. The van der Waals surface area contributed by atoms with E-state index in [9.17, 15) is 14.7 Å². The minimum absolute atomic E-state index is 0.162. The number of halogens is 3. The zero-order valence-electron chi connectivity index (χ0n) is 19.3. The summed E-state index contributed by atoms with van der Waals surface area (Å²) in [6, 6.07) is 0.372. The molecule has 0 aromatic carbocycles. The summed E-state index contributed by atoms with van der Waals surface area (Å²) in [5.41, 5.74) is 0.375.